The molecule has 3 aromatic rings. The van der Waals surface area contributed by atoms with Crippen molar-refractivity contribution in [2.24, 2.45) is 0 Å². The molecule has 0 fully saturated rings. The van der Waals surface area contributed by atoms with Crippen LogP contribution in [0.5, 0.6) is 11.5 Å². The molecule has 1 heterocycles. The van der Waals surface area contributed by atoms with E-state index < -0.39 is 5.91 Å². The van der Waals surface area contributed by atoms with Gasteiger partial charge in [0.2, 0.25) is 0 Å². The van der Waals surface area contributed by atoms with Crippen molar-refractivity contribution in [1.29, 1.82) is 5.26 Å². The molecular weight excluding hydrogens is 366 g/mol. The molecule has 0 unspecified atom stereocenters. The molecule has 2 aromatic carbocycles. The molecule has 1 aromatic heterocycles. The van der Waals surface area contributed by atoms with Gasteiger partial charge < -0.3 is 19.8 Å². The first-order valence-electron chi connectivity index (χ1n) is 9.25. The summed E-state index contributed by atoms with van der Waals surface area (Å²) in [5.41, 5.74) is 3.66. The number of benzene rings is 2. The molecule has 1 amide bonds. The average Bonchev–Trinajstić information content (AvgIpc) is 3.15. The number of nitrogens with zero attached hydrogens (tertiary/aromatic N) is 1. The van der Waals surface area contributed by atoms with Crippen molar-refractivity contribution in [2.75, 3.05) is 20.8 Å². The lowest BCUT2D eigenvalue weighted by Crippen LogP contribution is -2.26. The number of hydrogen-bond donors (Lipinski definition) is 2. The van der Waals surface area contributed by atoms with E-state index in [0.29, 0.717) is 30.0 Å². The number of hydrogen-bond acceptors (Lipinski definition) is 4. The Morgan fingerprint density at radius 2 is 2.00 bits per heavy atom. The van der Waals surface area contributed by atoms with Crippen LogP contribution in [0, 0.1) is 18.3 Å². The summed E-state index contributed by atoms with van der Waals surface area (Å²) in [7, 11) is 3.13. The minimum absolute atomic E-state index is 0.0202. The number of rotatable bonds is 7. The summed E-state index contributed by atoms with van der Waals surface area (Å²) in [6.07, 6.45) is 4.15. The van der Waals surface area contributed by atoms with Crippen molar-refractivity contribution in [2.45, 2.75) is 13.3 Å². The zero-order valence-electron chi connectivity index (χ0n) is 16.7. The van der Waals surface area contributed by atoms with Gasteiger partial charge in [-0.25, -0.2) is 0 Å². The van der Waals surface area contributed by atoms with E-state index in [0.717, 1.165) is 22.0 Å². The van der Waals surface area contributed by atoms with Crippen LogP contribution in [0.3, 0.4) is 0 Å². The maximum absolute atomic E-state index is 12.5. The van der Waals surface area contributed by atoms with Gasteiger partial charge in [-0.15, -0.1) is 0 Å². The van der Waals surface area contributed by atoms with Crippen molar-refractivity contribution in [3.63, 3.8) is 0 Å². The molecule has 29 heavy (non-hydrogen) atoms. The Labute approximate surface area is 169 Å². The van der Waals surface area contributed by atoms with Crippen LogP contribution < -0.4 is 14.8 Å². The number of H-pyrrole nitrogens is 1. The lowest BCUT2D eigenvalue weighted by Gasteiger charge is -2.12. The van der Waals surface area contributed by atoms with Gasteiger partial charge in [0, 0.05) is 34.8 Å². The molecule has 0 radical (unpaired) electrons. The summed E-state index contributed by atoms with van der Waals surface area (Å²) in [5.74, 6) is 0.840. The highest BCUT2D eigenvalue weighted by molar-refractivity contribution is 6.02. The molecule has 0 saturated carbocycles. The zero-order valence-corrected chi connectivity index (χ0v) is 16.7. The van der Waals surface area contributed by atoms with E-state index in [-0.39, 0.29) is 5.57 Å². The molecule has 0 spiro atoms. The van der Waals surface area contributed by atoms with Crippen molar-refractivity contribution >= 4 is 22.9 Å². The minimum atomic E-state index is -0.414. The van der Waals surface area contributed by atoms with E-state index >= 15 is 0 Å². The second-order valence-corrected chi connectivity index (χ2v) is 6.55. The fourth-order valence-corrected chi connectivity index (χ4v) is 3.35. The van der Waals surface area contributed by atoms with Gasteiger partial charge >= 0.3 is 0 Å². The Morgan fingerprint density at radius 3 is 2.72 bits per heavy atom. The molecule has 0 saturated heterocycles. The second kappa shape index (κ2) is 8.98. The SMILES string of the molecule is COc1ccc(/C=C(/C#N)C(=O)NCCc2c[nH]c3ccccc23)c(OC)c1C. The third-order valence-corrected chi connectivity index (χ3v) is 4.83. The van der Waals surface area contributed by atoms with Crippen molar-refractivity contribution in [3.8, 4) is 17.6 Å². The molecule has 0 aliphatic carbocycles. The fourth-order valence-electron chi connectivity index (χ4n) is 3.35. The van der Waals surface area contributed by atoms with E-state index in [9.17, 15) is 10.1 Å². The van der Waals surface area contributed by atoms with Gasteiger partial charge in [-0.05, 0) is 43.2 Å². The molecule has 0 aliphatic heterocycles. The summed E-state index contributed by atoms with van der Waals surface area (Å²) in [4.78, 5) is 15.7. The Morgan fingerprint density at radius 1 is 1.21 bits per heavy atom. The third-order valence-electron chi connectivity index (χ3n) is 4.83. The molecule has 148 valence electrons. The van der Waals surface area contributed by atoms with E-state index in [1.165, 1.54) is 6.08 Å². The first-order valence-corrected chi connectivity index (χ1v) is 9.25. The summed E-state index contributed by atoms with van der Waals surface area (Å²) < 4.78 is 10.7. The van der Waals surface area contributed by atoms with E-state index in [1.807, 2.05) is 43.5 Å². The summed E-state index contributed by atoms with van der Waals surface area (Å²) in [6.45, 7) is 2.29. The van der Waals surface area contributed by atoms with Gasteiger partial charge in [0.25, 0.3) is 5.91 Å². The smallest absolute Gasteiger partial charge is 0.261 e. The topological polar surface area (TPSA) is 87.1 Å². The standard InChI is InChI=1S/C23H23N3O3/c1-15-21(28-2)9-8-16(22(15)29-3)12-18(13-24)23(27)25-11-10-17-14-26-20-7-5-4-6-19(17)20/h4-9,12,14,26H,10-11H2,1-3H3,(H,25,27)/b18-12-. The number of carbonyl (C=O) groups excluding carboxylic acids is 1. The van der Waals surface area contributed by atoms with E-state index in [1.54, 1.807) is 26.4 Å². The predicted molar refractivity (Wildman–Crippen MR) is 113 cm³/mol. The maximum atomic E-state index is 12.5. The average molecular weight is 389 g/mol. The van der Waals surface area contributed by atoms with Crippen LogP contribution in [-0.4, -0.2) is 31.7 Å². The van der Waals surface area contributed by atoms with Crippen LogP contribution >= 0.6 is 0 Å². The number of methoxy groups -OCH3 is 2. The maximum Gasteiger partial charge on any atom is 0.261 e. The first kappa shape index (κ1) is 20.0. The molecule has 0 atom stereocenters. The molecule has 0 bridgehead atoms. The fraction of sp³-hybridized carbons (Fsp3) is 0.217. The van der Waals surface area contributed by atoms with Crippen LogP contribution in [0.2, 0.25) is 0 Å². The molecule has 2 N–H and O–H groups in total. The number of nitrogens with one attached hydrogen (secondary N) is 2. The number of fused-ring (bicyclic) bond motifs is 1. The van der Waals surface area contributed by atoms with Crippen LogP contribution in [0.15, 0.2) is 48.2 Å². The first-order chi connectivity index (χ1) is 14.1. The zero-order chi connectivity index (χ0) is 20.8. The molecular formula is C23H23N3O3. The number of carbonyl (C=O) groups is 1. The van der Waals surface area contributed by atoms with E-state index in [2.05, 4.69) is 10.3 Å². The highest BCUT2D eigenvalue weighted by Gasteiger charge is 2.14. The largest absolute Gasteiger partial charge is 0.496 e. The van der Waals surface area contributed by atoms with Crippen molar-refractivity contribution in [3.05, 3.63) is 64.9 Å². The summed E-state index contributed by atoms with van der Waals surface area (Å²) in [5, 5.41) is 13.4. The third kappa shape index (κ3) is 4.25. The van der Waals surface area contributed by atoms with Gasteiger partial charge in [0.05, 0.1) is 14.2 Å². The summed E-state index contributed by atoms with van der Waals surface area (Å²) >= 11 is 0. The molecule has 0 aliphatic rings. The number of amides is 1. The van der Waals surface area contributed by atoms with E-state index in [4.69, 9.17) is 9.47 Å². The quantitative estimate of drug-likeness (QED) is 0.476. The number of para-hydroxylation sites is 1. The van der Waals surface area contributed by atoms with Gasteiger partial charge in [0.1, 0.15) is 23.1 Å². The second-order valence-electron chi connectivity index (χ2n) is 6.55. The Hall–Kier alpha value is -3.72. The Kier molecular flexibility index (Phi) is 6.20. The van der Waals surface area contributed by atoms with Gasteiger partial charge in [0.15, 0.2) is 0 Å². The number of aromatic nitrogens is 1. The summed E-state index contributed by atoms with van der Waals surface area (Å²) in [6, 6.07) is 13.5. The Balaban J connectivity index is 1.72. The van der Waals surface area contributed by atoms with Gasteiger partial charge in [-0.1, -0.05) is 18.2 Å². The molecule has 6 heteroatoms. The lowest BCUT2D eigenvalue weighted by atomic mass is 10.1. The normalized spacial score (nSPS) is 11.2. The van der Waals surface area contributed by atoms with Crippen LogP contribution in [0.1, 0.15) is 16.7 Å². The van der Waals surface area contributed by atoms with Gasteiger partial charge in [-0.3, -0.25) is 4.79 Å². The number of aromatic amines is 1. The molecule has 6 nitrogen and oxygen atoms in total. The minimum Gasteiger partial charge on any atom is -0.496 e. The van der Waals surface area contributed by atoms with Gasteiger partial charge in [-0.2, -0.15) is 5.26 Å². The molecule has 3 rings (SSSR count). The predicted octanol–water partition coefficient (Wildman–Crippen LogP) is 3.76. The Bertz CT molecular complexity index is 1110. The highest BCUT2D eigenvalue weighted by Crippen LogP contribution is 2.32. The van der Waals surface area contributed by atoms with Crippen molar-refractivity contribution in [1.82, 2.24) is 10.3 Å². The van der Waals surface area contributed by atoms with Crippen LogP contribution in [0.25, 0.3) is 17.0 Å². The van der Waals surface area contributed by atoms with Crippen molar-refractivity contribution < 1.29 is 14.3 Å². The lowest BCUT2D eigenvalue weighted by molar-refractivity contribution is -0.117. The van der Waals surface area contributed by atoms with Crippen LogP contribution in [-0.2, 0) is 11.2 Å². The highest BCUT2D eigenvalue weighted by atomic mass is 16.5. The number of ether oxygens (including phenoxy) is 2. The van der Waals surface area contributed by atoms with Crippen LogP contribution in [0.4, 0.5) is 0 Å². The monoisotopic (exact) mass is 389 g/mol. The number of nitriles is 1.